The molecule has 3 rings (SSSR count). The number of benzene rings is 2. The van der Waals surface area contributed by atoms with Crippen LogP contribution < -0.4 is 24.8 Å². The van der Waals surface area contributed by atoms with Gasteiger partial charge < -0.3 is 29.4 Å². The fourth-order valence-corrected chi connectivity index (χ4v) is 4.11. The van der Waals surface area contributed by atoms with Crippen LogP contribution in [0.2, 0.25) is 0 Å². The molecule has 11 heteroatoms. The lowest BCUT2D eigenvalue weighted by atomic mass is 10.2. The maximum Gasteiger partial charge on any atom is 0.244 e. The van der Waals surface area contributed by atoms with E-state index in [9.17, 15) is 9.59 Å². The van der Waals surface area contributed by atoms with Gasteiger partial charge in [-0.05, 0) is 42.8 Å². The molecule has 0 aliphatic carbocycles. The van der Waals surface area contributed by atoms with Crippen LogP contribution in [0.3, 0.4) is 0 Å². The first kappa shape index (κ1) is 26.6. The van der Waals surface area contributed by atoms with E-state index in [4.69, 9.17) is 14.2 Å². The number of thioether (sulfide) groups is 1. The smallest absolute Gasteiger partial charge is 0.244 e. The van der Waals surface area contributed by atoms with Crippen molar-refractivity contribution in [3.8, 4) is 17.2 Å². The fourth-order valence-electron chi connectivity index (χ4n) is 3.29. The van der Waals surface area contributed by atoms with Gasteiger partial charge in [0.05, 0.1) is 39.3 Å². The molecule has 1 aromatic heterocycles. The highest BCUT2D eigenvalue weighted by molar-refractivity contribution is 7.99. The van der Waals surface area contributed by atoms with Gasteiger partial charge >= 0.3 is 0 Å². The van der Waals surface area contributed by atoms with E-state index >= 15 is 0 Å². The van der Waals surface area contributed by atoms with E-state index in [0.717, 1.165) is 5.56 Å². The number of nitrogens with one attached hydrogen (secondary N) is 2. The lowest BCUT2D eigenvalue weighted by Gasteiger charge is -2.10. The average Bonchev–Trinajstić information content (AvgIpc) is 3.31. The second-order valence-electron chi connectivity index (χ2n) is 7.35. The minimum absolute atomic E-state index is 0.149. The number of para-hydroxylation sites is 2. The van der Waals surface area contributed by atoms with E-state index in [1.807, 2.05) is 29.7 Å². The normalized spacial score (nSPS) is 10.8. The van der Waals surface area contributed by atoms with Crippen LogP contribution in [0.5, 0.6) is 17.2 Å². The van der Waals surface area contributed by atoms with Crippen LogP contribution in [-0.4, -0.2) is 53.7 Å². The Bertz CT molecular complexity index is 1230. The van der Waals surface area contributed by atoms with Crippen LogP contribution in [0, 0.1) is 0 Å². The molecule has 0 aliphatic rings. The number of methoxy groups -OCH3 is 3. The molecule has 0 aliphatic heterocycles. The van der Waals surface area contributed by atoms with Crippen LogP contribution in [-0.2, 0) is 22.7 Å². The molecule has 0 bridgehead atoms. The van der Waals surface area contributed by atoms with Gasteiger partial charge in [-0.25, -0.2) is 0 Å². The second-order valence-corrected chi connectivity index (χ2v) is 8.29. The van der Waals surface area contributed by atoms with E-state index in [1.165, 1.54) is 17.8 Å². The molecule has 10 nitrogen and oxygen atoms in total. The van der Waals surface area contributed by atoms with Gasteiger partial charge in [0, 0.05) is 12.6 Å². The number of amides is 2. The van der Waals surface area contributed by atoms with E-state index < -0.39 is 0 Å². The molecule has 0 saturated heterocycles. The van der Waals surface area contributed by atoms with Crippen LogP contribution in [0.4, 0.5) is 5.69 Å². The molecule has 0 radical (unpaired) electrons. The van der Waals surface area contributed by atoms with E-state index in [1.54, 1.807) is 51.7 Å². The van der Waals surface area contributed by atoms with Gasteiger partial charge in [0.2, 0.25) is 11.8 Å². The summed E-state index contributed by atoms with van der Waals surface area (Å²) in [5.74, 6) is 2.06. The Kier molecular flexibility index (Phi) is 9.75. The maximum absolute atomic E-state index is 12.4. The minimum Gasteiger partial charge on any atom is -0.495 e. The number of carbonyl (C=O) groups is 2. The van der Waals surface area contributed by atoms with Crippen LogP contribution in [0.15, 0.2) is 53.7 Å². The Morgan fingerprint density at radius 2 is 1.75 bits per heavy atom. The molecule has 3 aromatic rings. The van der Waals surface area contributed by atoms with Crippen molar-refractivity contribution in [1.29, 1.82) is 0 Å². The van der Waals surface area contributed by atoms with E-state index in [2.05, 4.69) is 20.8 Å². The van der Waals surface area contributed by atoms with Gasteiger partial charge in [0.1, 0.15) is 5.75 Å². The summed E-state index contributed by atoms with van der Waals surface area (Å²) in [6.45, 7) is 2.74. The van der Waals surface area contributed by atoms with Gasteiger partial charge in [-0.15, -0.1) is 10.2 Å². The first-order valence-corrected chi connectivity index (χ1v) is 12.1. The van der Waals surface area contributed by atoms with Crippen molar-refractivity contribution < 1.29 is 23.8 Å². The molecule has 0 atom stereocenters. The third-order valence-electron chi connectivity index (χ3n) is 5.08. The van der Waals surface area contributed by atoms with E-state index in [0.29, 0.717) is 40.5 Å². The number of ether oxygens (including phenoxy) is 3. The van der Waals surface area contributed by atoms with Gasteiger partial charge in [-0.1, -0.05) is 30.0 Å². The van der Waals surface area contributed by atoms with Crippen LogP contribution in [0.1, 0.15) is 18.3 Å². The second kappa shape index (κ2) is 13.2. The highest BCUT2D eigenvalue weighted by atomic mass is 32.2. The summed E-state index contributed by atoms with van der Waals surface area (Å²) in [4.78, 5) is 24.8. The zero-order valence-corrected chi connectivity index (χ0v) is 21.4. The van der Waals surface area contributed by atoms with Crippen molar-refractivity contribution in [2.75, 3.05) is 32.4 Å². The molecule has 0 unspecified atom stereocenters. The van der Waals surface area contributed by atoms with Crippen molar-refractivity contribution in [1.82, 2.24) is 20.1 Å². The number of hydrogen-bond acceptors (Lipinski definition) is 8. The number of carbonyl (C=O) groups excluding carboxylic acids is 2. The molecule has 36 heavy (non-hydrogen) atoms. The Morgan fingerprint density at radius 1 is 1.00 bits per heavy atom. The largest absolute Gasteiger partial charge is 0.495 e. The summed E-state index contributed by atoms with van der Waals surface area (Å²) >= 11 is 1.27. The summed E-state index contributed by atoms with van der Waals surface area (Å²) in [7, 11) is 4.67. The average molecular weight is 512 g/mol. The molecular weight excluding hydrogens is 482 g/mol. The molecule has 2 amide bonds. The Balaban J connectivity index is 1.54. The highest BCUT2D eigenvalue weighted by Gasteiger charge is 2.14. The summed E-state index contributed by atoms with van der Waals surface area (Å²) in [6, 6.07) is 12.6. The molecular formula is C25H29N5O5S. The Labute approximate surface area is 214 Å². The van der Waals surface area contributed by atoms with Crippen molar-refractivity contribution in [3.63, 3.8) is 0 Å². The maximum atomic E-state index is 12.4. The predicted octanol–water partition coefficient (Wildman–Crippen LogP) is 3.38. The van der Waals surface area contributed by atoms with Gasteiger partial charge in [-0.2, -0.15) is 0 Å². The third kappa shape index (κ3) is 7.01. The lowest BCUT2D eigenvalue weighted by Crippen LogP contribution is -2.22. The first-order chi connectivity index (χ1) is 17.5. The molecule has 0 saturated carbocycles. The third-order valence-corrected chi connectivity index (χ3v) is 6.05. The minimum atomic E-state index is -0.277. The molecule has 0 fully saturated rings. The van der Waals surface area contributed by atoms with Gasteiger partial charge in [0.15, 0.2) is 22.5 Å². The SMILES string of the molecule is CCn1c(CNC(=O)C=Cc2ccc(OC)c(OC)c2)nnc1SCC(=O)Nc1ccccc1OC. The molecule has 0 spiro atoms. The van der Waals surface area contributed by atoms with E-state index in [-0.39, 0.29) is 24.1 Å². The lowest BCUT2D eigenvalue weighted by molar-refractivity contribution is -0.116. The predicted molar refractivity (Wildman–Crippen MR) is 138 cm³/mol. The number of nitrogens with zero attached hydrogens (tertiary/aromatic N) is 3. The van der Waals surface area contributed by atoms with Crippen LogP contribution >= 0.6 is 11.8 Å². The molecule has 190 valence electrons. The highest BCUT2D eigenvalue weighted by Crippen LogP contribution is 2.28. The monoisotopic (exact) mass is 511 g/mol. The fraction of sp³-hybridized carbons (Fsp3) is 0.280. The number of hydrogen-bond donors (Lipinski definition) is 2. The summed E-state index contributed by atoms with van der Waals surface area (Å²) in [5, 5.41) is 14.6. The molecule has 1 heterocycles. The summed E-state index contributed by atoms with van der Waals surface area (Å²) in [6.07, 6.45) is 3.12. The molecule has 2 N–H and O–H groups in total. The Morgan fingerprint density at radius 3 is 2.47 bits per heavy atom. The summed E-state index contributed by atoms with van der Waals surface area (Å²) in [5.41, 5.74) is 1.40. The standard InChI is InChI=1S/C25H29N5O5S/c1-5-30-22(15-26-23(31)13-11-17-10-12-20(34-3)21(14-17)35-4)28-29-25(30)36-16-24(32)27-18-8-6-7-9-19(18)33-2/h6-14H,5,15-16H2,1-4H3,(H,26,31)(H,27,32). The van der Waals surface area contributed by atoms with Crippen molar-refractivity contribution >= 4 is 35.3 Å². The summed E-state index contributed by atoms with van der Waals surface area (Å²) < 4.78 is 17.6. The van der Waals surface area contributed by atoms with Crippen LogP contribution in [0.25, 0.3) is 6.08 Å². The number of rotatable bonds is 12. The number of anilines is 1. The zero-order valence-electron chi connectivity index (χ0n) is 20.6. The van der Waals surface area contributed by atoms with Crippen molar-refractivity contribution in [2.24, 2.45) is 0 Å². The molecule has 2 aromatic carbocycles. The quantitative estimate of drug-likeness (QED) is 0.281. The Hall–Kier alpha value is -3.99. The van der Waals surface area contributed by atoms with Crippen molar-refractivity contribution in [2.45, 2.75) is 25.2 Å². The van der Waals surface area contributed by atoms with Crippen molar-refractivity contribution in [3.05, 3.63) is 59.9 Å². The van der Waals surface area contributed by atoms with Gasteiger partial charge in [-0.3, -0.25) is 9.59 Å². The topological polar surface area (TPSA) is 117 Å². The number of aromatic nitrogens is 3. The first-order valence-electron chi connectivity index (χ1n) is 11.1. The zero-order chi connectivity index (χ0) is 25.9. The van der Waals surface area contributed by atoms with Gasteiger partial charge in [0.25, 0.3) is 0 Å².